The van der Waals surface area contributed by atoms with Crippen molar-refractivity contribution >= 4 is 59.0 Å². The molecular weight excluding hydrogens is 827 g/mol. The minimum atomic E-state index is -5.20. The summed E-state index contributed by atoms with van der Waals surface area (Å²) < 4.78 is 112. The molecule has 1 N–H and O–H groups in total. The first-order chi connectivity index (χ1) is 25.9. The van der Waals surface area contributed by atoms with Crippen LogP contribution in [0, 0.1) is 35.1 Å². The highest BCUT2D eigenvalue weighted by atomic mass is 32.2. The molecule has 3 aromatic carbocycles. The van der Waals surface area contributed by atoms with Gasteiger partial charge in [0.15, 0.2) is 0 Å². The average Bonchev–Trinajstić information content (AvgIpc) is 3.97. The highest BCUT2D eigenvalue weighted by Crippen LogP contribution is 2.38. The minimum absolute atomic E-state index is 0.0373. The van der Waals surface area contributed by atoms with Crippen LogP contribution in [0.5, 0.6) is 0 Å². The van der Waals surface area contributed by atoms with Crippen LogP contribution in [0.3, 0.4) is 0 Å². The predicted octanol–water partition coefficient (Wildman–Crippen LogP) is 7.84. The Balaban J connectivity index is 0.000000189. The smallest absolute Gasteiger partial charge is 0.261 e. The molecule has 16 nitrogen and oxygen atoms in total. The highest BCUT2D eigenvalue weighted by Gasteiger charge is 2.44. The molecule has 0 spiro atoms. The van der Waals surface area contributed by atoms with Gasteiger partial charge in [-0.25, -0.2) is 13.2 Å². The molecule has 0 heterocycles. The Bertz CT molecular complexity index is 2280. The van der Waals surface area contributed by atoms with E-state index in [4.69, 9.17) is 4.78 Å². The Morgan fingerprint density at radius 1 is 0.625 bits per heavy atom. The van der Waals surface area contributed by atoms with Crippen LogP contribution in [0.4, 0.5) is 43.4 Å². The van der Waals surface area contributed by atoms with Crippen molar-refractivity contribution < 1.29 is 59.1 Å². The molecule has 0 aromatic heterocycles. The van der Waals surface area contributed by atoms with Crippen LogP contribution in [0.25, 0.3) is 0 Å². The molecular formula is C31H28F6N6O10S3. The van der Waals surface area contributed by atoms with E-state index < -0.39 is 74.3 Å². The summed E-state index contributed by atoms with van der Waals surface area (Å²) in [7, 11) is -7.49. The van der Waals surface area contributed by atoms with Gasteiger partial charge >= 0.3 is 24.2 Å². The van der Waals surface area contributed by atoms with Crippen LogP contribution in [-0.4, -0.2) is 63.1 Å². The zero-order valence-electron chi connectivity index (χ0n) is 28.2. The molecule has 0 radical (unpaired) electrons. The van der Waals surface area contributed by atoms with Crippen LogP contribution >= 0.6 is 0 Å². The monoisotopic (exact) mass is 854 g/mol. The van der Waals surface area contributed by atoms with E-state index in [1.165, 1.54) is 48.5 Å². The van der Waals surface area contributed by atoms with Crippen molar-refractivity contribution in [1.29, 1.82) is 4.78 Å². The third-order valence-corrected chi connectivity index (χ3v) is 15.1. The second-order valence-electron chi connectivity index (χ2n) is 12.1. The average molecular weight is 855 g/mol. The van der Waals surface area contributed by atoms with Gasteiger partial charge in [0.05, 0.1) is 34.2 Å². The second kappa shape index (κ2) is 16.9. The number of nitrogens with one attached hydrogen (secondary N) is 1. The van der Waals surface area contributed by atoms with Gasteiger partial charge in [-0.05, 0) is 74.9 Å². The number of nitro benzene ring substituents is 3. The van der Waals surface area contributed by atoms with Gasteiger partial charge in [0.2, 0.25) is 0 Å². The van der Waals surface area contributed by atoms with Gasteiger partial charge in [0, 0.05) is 66.8 Å². The highest BCUT2D eigenvalue weighted by molar-refractivity contribution is 7.95. The number of halogens is 6. The molecule has 3 saturated carbocycles. The molecule has 3 aliphatic rings. The molecule has 56 heavy (non-hydrogen) atoms. The first-order valence-electron chi connectivity index (χ1n) is 15.9. The number of carbonyl (C=O) groups excluding carboxylic acids is 2. The van der Waals surface area contributed by atoms with Gasteiger partial charge in [-0.1, -0.05) is 10.7 Å². The number of non-ortho nitro benzene ring substituents is 3. The number of carbonyl (C=O) groups is 2. The minimum Gasteiger partial charge on any atom is -0.261 e. The zero-order valence-corrected chi connectivity index (χ0v) is 30.7. The number of hydrogen-bond donors (Lipinski definition) is 1. The van der Waals surface area contributed by atoms with Crippen molar-refractivity contribution in [2.24, 2.45) is 8.73 Å². The van der Waals surface area contributed by atoms with E-state index in [1.54, 1.807) is 0 Å². The van der Waals surface area contributed by atoms with E-state index in [0.717, 1.165) is 37.1 Å². The molecule has 3 fully saturated rings. The van der Waals surface area contributed by atoms with E-state index >= 15 is 0 Å². The number of nitrogens with zero attached hydrogens (tertiary/aromatic N) is 5. The Kier molecular flexibility index (Phi) is 13.2. The summed E-state index contributed by atoms with van der Waals surface area (Å²) in [6, 6.07) is 14.7. The molecule has 3 aliphatic carbocycles. The van der Waals surface area contributed by atoms with E-state index in [-0.39, 0.29) is 32.5 Å². The number of nitro groups is 3. The summed E-state index contributed by atoms with van der Waals surface area (Å²) in [6.07, 6.45) is -6.35. The summed E-state index contributed by atoms with van der Waals surface area (Å²) in [5.41, 5.74) is -0.488. The third kappa shape index (κ3) is 11.4. The van der Waals surface area contributed by atoms with Crippen molar-refractivity contribution in [2.45, 2.75) is 81.3 Å². The van der Waals surface area contributed by atoms with Gasteiger partial charge in [0.1, 0.15) is 0 Å². The van der Waals surface area contributed by atoms with Crippen molar-refractivity contribution in [1.82, 2.24) is 0 Å². The Morgan fingerprint density at radius 3 is 1.34 bits per heavy atom. The topological polar surface area (TPSA) is 246 Å². The van der Waals surface area contributed by atoms with Gasteiger partial charge in [-0.15, -0.1) is 4.36 Å². The van der Waals surface area contributed by atoms with Crippen molar-refractivity contribution in [3.63, 3.8) is 0 Å². The number of benzene rings is 3. The lowest BCUT2D eigenvalue weighted by atomic mass is 10.3. The molecule has 302 valence electrons. The fourth-order valence-corrected chi connectivity index (χ4v) is 10.4. The first kappa shape index (κ1) is 43.6. The maximum absolute atomic E-state index is 12.6. The molecule has 3 atom stereocenters. The van der Waals surface area contributed by atoms with Crippen LogP contribution in [0.1, 0.15) is 38.5 Å². The van der Waals surface area contributed by atoms with Gasteiger partial charge in [0.25, 0.3) is 17.1 Å². The maximum Gasteiger partial charge on any atom is 0.474 e. The SMILES string of the molecule is N=S(=O)(c1ccc([N+](=O)[O-])cc1)C1CC1.O=C(N=S(=O)(c1ccc([N+](=O)[O-])cc1)C1CC1)C(F)(F)F.O=C(N=S(c1ccc([N+](=O)[O-])cc1)C1CC1)C(F)(F)F. The molecule has 0 saturated heterocycles. The van der Waals surface area contributed by atoms with E-state index in [9.17, 15) is 74.7 Å². The van der Waals surface area contributed by atoms with Crippen LogP contribution < -0.4 is 0 Å². The summed E-state index contributed by atoms with van der Waals surface area (Å²) in [5.74, 6) is -4.51. The summed E-state index contributed by atoms with van der Waals surface area (Å²) in [5, 5.41) is 30.7. The Hall–Kier alpha value is -5.17. The molecule has 6 rings (SSSR count). The largest absolute Gasteiger partial charge is 0.474 e. The molecule has 0 aliphatic heterocycles. The van der Waals surface area contributed by atoms with Crippen molar-refractivity contribution in [3.05, 3.63) is 103 Å². The third-order valence-electron chi connectivity index (χ3n) is 7.77. The molecule has 2 amide bonds. The summed E-state index contributed by atoms with van der Waals surface area (Å²) in [4.78, 5) is 52.3. The number of alkyl halides is 6. The second-order valence-corrected chi connectivity index (χ2v) is 18.9. The Morgan fingerprint density at radius 2 is 1.00 bits per heavy atom. The van der Waals surface area contributed by atoms with Crippen LogP contribution in [0.2, 0.25) is 0 Å². The fourth-order valence-electron chi connectivity index (χ4n) is 4.47. The van der Waals surface area contributed by atoms with Gasteiger partial charge in [-0.2, -0.15) is 30.7 Å². The normalized spacial score (nSPS) is 18.0. The predicted molar refractivity (Wildman–Crippen MR) is 187 cm³/mol. The zero-order chi connectivity index (χ0) is 41.8. The van der Waals surface area contributed by atoms with E-state index in [0.29, 0.717) is 35.5 Å². The van der Waals surface area contributed by atoms with E-state index in [2.05, 4.69) is 8.73 Å². The first-order valence-corrected chi connectivity index (χ1v) is 20.3. The van der Waals surface area contributed by atoms with Gasteiger partial charge in [-0.3, -0.25) is 39.9 Å². The van der Waals surface area contributed by atoms with Crippen molar-refractivity contribution in [2.75, 3.05) is 0 Å². The molecule has 3 aromatic rings. The van der Waals surface area contributed by atoms with Crippen LogP contribution in [-0.2, 0) is 39.7 Å². The summed E-state index contributed by atoms with van der Waals surface area (Å²) >= 11 is 0. The Labute approximate surface area is 315 Å². The molecule has 0 bridgehead atoms. The quantitative estimate of drug-likeness (QED) is 0.124. The number of rotatable bonds is 9. The molecule has 3 unspecified atom stereocenters. The fraction of sp³-hybridized carbons (Fsp3) is 0.355. The lowest BCUT2D eigenvalue weighted by Crippen LogP contribution is -2.23. The number of hydrogen-bond acceptors (Lipinski definition) is 11. The van der Waals surface area contributed by atoms with E-state index in [1.807, 2.05) is 0 Å². The summed E-state index contributed by atoms with van der Waals surface area (Å²) in [6.45, 7) is 0. The van der Waals surface area contributed by atoms with Gasteiger partial charge < -0.3 is 0 Å². The lowest BCUT2D eigenvalue weighted by molar-refractivity contribution is -0.385. The molecule has 25 heteroatoms. The standard InChI is InChI=1S/C11H9F3N2O4S.C11H9F3N2O3S.C9H10N2O3S/c12-11(13,14)10(17)15-21(20,9-5-6-9)8-3-1-7(2-4-8)16(18)19;12-11(13,14)10(17)15-20(9-5-6-9)8-3-1-7(2-4-8)16(18)19;10-15(14,9-5-6-9)8-3-1-7(2-4-8)11(12)13/h1-4,9H,5-6H2;1-4,9H,5-6H2;1-4,9-10H,5-6H2. The van der Waals surface area contributed by atoms with Crippen LogP contribution in [0.15, 0.2) is 96.2 Å². The maximum atomic E-state index is 12.6. The lowest BCUT2D eigenvalue weighted by Gasteiger charge is -2.09. The van der Waals surface area contributed by atoms with Crippen molar-refractivity contribution in [3.8, 4) is 0 Å². The number of amides is 2.